The second-order valence-electron chi connectivity index (χ2n) is 21.3. The lowest BCUT2D eigenvalue weighted by Crippen LogP contribution is -2.16. The molecular weight excluding hydrogens is 871 g/mol. The summed E-state index contributed by atoms with van der Waals surface area (Å²) >= 11 is 0. The zero-order valence-electron chi connectivity index (χ0n) is 41.9. The van der Waals surface area contributed by atoms with Gasteiger partial charge in [-0.05, 0) is 130 Å². The van der Waals surface area contributed by atoms with Gasteiger partial charge in [0.1, 0.15) is 11.2 Å². The fourth-order valence-electron chi connectivity index (χ4n) is 10.8. The van der Waals surface area contributed by atoms with Crippen molar-refractivity contribution >= 4 is 60.5 Å². The number of anilines is 3. The molecule has 0 aliphatic heterocycles. The number of rotatable bonds is 8. The molecule has 0 saturated carbocycles. The van der Waals surface area contributed by atoms with Crippen LogP contribution in [-0.2, 0) is 10.8 Å². The normalized spacial score (nSPS) is 12.0. The van der Waals surface area contributed by atoms with E-state index in [2.05, 4.69) is 271 Å². The van der Waals surface area contributed by atoms with Crippen LogP contribution in [-0.4, -0.2) is 0 Å². The van der Waals surface area contributed by atoms with Crippen LogP contribution < -0.4 is 4.90 Å². The van der Waals surface area contributed by atoms with E-state index in [4.69, 9.17) is 4.42 Å². The SMILES string of the molecule is CC(C)(C)c1cc(-c2cccc3cccc(-c4ccccc4N(c4ccc(-c5ccc6c(c5)oc5ccccc56)cc4)c4ccccc4-c4cccc5cccc(-c6ccccc6)c45)c23)cc(C(C)(C)C)c1. The number of furan rings is 1. The average molecular weight is 928 g/mol. The molecule has 2 heteroatoms. The van der Waals surface area contributed by atoms with Gasteiger partial charge in [-0.2, -0.15) is 0 Å². The molecule has 0 radical (unpaired) electrons. The predicted octanol–water partition coefficient (Wildman–Crippen LogP) is 20.3. The highest BCUT2D eigenvalue weighted by molar-refractivity contribution is 6.12. The van der Waals surface area contributed by atoms with Gasteiger partial charge >= 0.3 is 0 Å². The molecule has 1 aromatic heterocycles. The van der Waals surface area contributed by atoms with Gasteiger partial charge in [-0.25, -0.2) is 0 Å². The maximum atomic E-state index is 6.37. The largest absolute Gasteiger partial charge is 0.456 e. The first-order valence-corrected chi connectivity index (χ1v) is 25.2. The third kappa shape index (κ3) is 8.04. The van der Waals surface area contributed by atoms with E-state index in [0.717, 1.165) is 61.3 Å². The summed E-state index contributed by atoms with van der Waals surface area (Å²) in [6, 6.07) is 87.0. The summed E-state index contributed by atoms with van der Waals surface area (Å²) in [5.41, 5.74) is 19.4. The van der Waals surface area contributed by atoms with E-state index < -0.39 is 0 Å². The molecule has 12 rings (SSSR count). The molecule has 0 atom stereocenters. The Bertz CT molecular complexity index is 3950. The maximum Gasteiger partial charge on any atom is 0.136 e. The second-order valence-corrected chi connectivity index (χ2v) is 21.3. The lowest BCUT2D eigenvalue weighted by molar-refractivity contribution is 0.569. The zero-order chi connectivity index (χ0) is 49.1. The average Bonchev–Trinajstić information content (AvgIpc) is 3.78. The number of nitrogens with zero attached hydrogens (tertiary/aromatic N) is 1. The third-order valence-electron chi connectivity index (χ3n) is 14.6. The first-order chi connectivity index (χ1) is 35.0. The van der Waals surface area contributed by atoms with Gasteiger partial charge < -0.3 is 9.32 Å². The fourth-order valence-corrected chi connectivity index (χ4v) is 10.8. The molecule has 11 aromatic carbocycles. The highest BCUT2D eigenvalue weighted by atomic mass is 16.3. The molecule has 0 fully saturated rings. The van der Waals surface area contributed by atoms with E-state index in [1.807, 2.05) is 12.1 Å². The van der Waals surface area contributed by atoms with Gasteiger partial charge in [-0.15, -0.1) is 0 Å². The van der Waals surface area contributed by atoms with Crippen molar-refractivity contribution in [1.29, 1.82) is 0 Å². The number of hydrogen-bond acceptors (Lipinski definition) is 2. The highest BCUT2D eigenvalue weighted by Gasteiger charge is 2.25. The number of benzene rings is 11. The molecule has 0 amide bonds. The number of fused-ring (bicyclic) bond motifs is 5. The van der Waals surface area contributed by atoms with Gasteiger partial charge in [0.25, 0.3) is 0 Å². The summed E-state index contributed by atoms with van der Waals surface area (Å²) in [7, 11) is 0. The van der Waals surface area contributed by atoms with Crippen LogP contribution in [0.15, 0.2) is 241 Å². The summed E-state index contributed by atoms with van der Waals surface area (Å²) in [4.78, 5) is 2.49. The van der Waals surface area contributed by atoms with Crippen LogP contribution in [0.3, 0.4) is 0 Å². The number of hydrogen-bond donors (Lipinski definition) is 0. The van der Waals surface area contributed by atoms with Crippen LogP contribution in [0.4, 0.5) is 17.1 Å². The smallest absolute Gasteiger partial charge is 0.136 e. The molecule has 72 heavy (non-hydrogen) atoms. The first-order valence-electron chi connectivity index (χ1n) is 25.2. The minimum atomic E-state index is -0.0222. The summed E-state index contributed by atoms with van der Waals surface area (Å²) in [5.74, 6) is 0. The van der Waals surface area contributed by atoms with Crippen molar-refractivity contribution in [3.05, 3.63) is 248 Å². The van der Waals surface area contributed by atoms with E-state index in [1.165, 1.54) is 66.1 Å². The molecule has 0 aliphatic rings. The van der Waals surface area contributed by atoms with Gasteiger partial charge in [0.05, 0.1) is 11.4 Å². The van der Waals surface area contributed by atoms with Gasteiger partial charge in [0.15, 0.2) is 0 Å². The van der Waals surface area contributed by atoms with Crippen molar-refractivity contribution in [2.75, 3.05) is 4.90 Å². The van der Waals surface area contributed by atoms with Crippen LogP contribution in [0.5, 0.6) is 0 Å². The standard InChI is InChI=1S/C70H57NO/c1-69(2,3)52-42-51(43-53(45-52)70(4,5)6)56-30-17-23-49-25-19-32-62(68(49)56)58-27-11-14-34-64(58)71(54-39-36-46(37-40-54)50-38-41-60-59-28-12-15-35-65(59)72-66(60)44-50)63-33-13-10-26-57(63)61-31-18-24-48-22-16-29-55(67(48)61)47-20-8-7-9-21-47/h7-45H,1-6H3. The van der Waals surface area contributed by atoms with Crippen LogP contribution >= 0.6 is 0 Å². The monoisotopic (exact) mass is 927 g/mol. The Labute approximate surface area is 423 Å². The Kier molecular flexibility index (Phi) is 11.0. The van der Waals surface area contributed by atoms with E-state index in [0.29, 0.717) is 0 Å². The van der Waals surface area contributed by atoms with Crippen LogP contribution in [0, 0.1) is 0 Å². The van der Waals surface area contributed by atoms with Gasteiger partial charge in [0, 0.05) is 27.6 Å². The third-order valence-corrected chi connectivity index (χ3v) is 14.6. The van der Waals surface area contributed by atoms with Gasteiger partial charge in [-0.1, -0.05) is 236 Å². The van der Waals surface area contributed by atoms with Crippen molar-refractivity contribution in [3.63, 3.8) is 0 Å². The molecule has 0 spiro atoms. The van der Waals surface area contributed by atoms with E-state index >= 15 is 0 Å². The van der Waals surface area contributed by atoms with Crippen molar-refractivity contribution in [1.82, 2.24) is 0 Å². The van der Waals surface area contributed by atoms with E-state index in [-0.39, 0.29) is 10.8 Å². The Morgan fingerprint density at radius 1 is 0.306 bits per heavy atom. The Morgan fingerprint density at radius 2 is 0.764 bits per heavy atom. The lowest BCUT2D eigenvalue weighted by Gasteiger charge is -2.31. The van der Waals surface area contributed by atoms with Crippen LogP contribution in [0.2, 0.25) is 0 Å². The molecule has 0 N–H and O–H groups in total. The summed E-state index contributed by atoms with van der Waals surface area (Å²) in [6.07, 6.45) is 0. The molecular formula is C70H57NO. The Hall–Kier alpha value is -8.46. The maximum absolute atomic E-state index is 6.37. The molecule has 12 aromatic rings. The molecule has 348 valence electrons. The van der Waals surface area contributed by atoms with Crippen molar-refractivity contribution in [2.45, 2.75) is 52.4 Å². The predicted molar refractivity (Wildman–Crippen MR) is 308 cm³/mol. The Morgan fingerprint density at radius 3 is 1.33 bits per heavy atom. The van der Waals surface area contributed by atoms with Gasteiger partial charge in [-0.3, -0.25) is 0 Å². The number of para-hydroxylation sites is 3. The van der Waals surface area contributed by atoms with Gasteiger partial charge in [0.2, 0.25) is 0 Å². The molecule has 0 unspecified atom stereocenters. The van der Waals surface area contributed by atoms with Crippen molar-refractivity contribution < 1.29 is 4.42 Å². The summed E-state index contributed by atoms with van der Waals surface area (Å²) < 4.78 is 6.37. The lowest BCUT2D eigenvalue weighted by atomic mass is 9.78. The zero-order valence-corrected chi connectivity index (χ0v) is 41.9. The van der Waals surface area contributed by atoms with E-state index in [9.17, 15) is 0 Å². The van der Waals surface area contributed by atoms with Crippen LogP contribution in [0.1, 0.15) is 52.7 Å². The van der Waals surface area contributed by atoms with E-state index in [1.54, 1.807) is 0 Å². The molecule has 0 saturated heterocycles. The summed E-state index contributed by atoms with van der Waals surface area (Å²) in [5, 5.41) is 7.15. The first kappa shape index (κ1) is 44.7. The highest BCUT2D eigenvalue weighted by Crippen LogP contribution is 2.49. The molecule has 0 bridgehead atoms. The molecule has 1 heterocycles. The van der Waals surface area contributed by atoms with Crippen molar-refractivity contribution in [2.24, 2.45) is 0 Å². The minimum absolute atomic E-state index is 0.0222. The Balaban J connectivity index is 1.09. The summed E-state index contributed by atoms with van der Waals surface area (Å²) in [6.45, 7) is 13.9. The topological polar surface area (TPSA) is 16.4 Å². The fraction of sp³-hybridized carbons (Fsp3) is 0.114. The van der Waals surface area contributed by atoms with Crippen molar-refractivity contribution in [3.8, 4) is 55.6 Å². The second kappa shape index (κ2) is 17.7. The molecule has 0 aliphatic carbocycles. The minimum Gasteiger partial charge on any atom is -0.456 e. The molecule has 2 nitrogen and oxygen atoms in total. The quantitative estimate of drug-likeness (QED) is 0.151. The van der Waals surface area contributed by atoms with Crippen LogP contribution in [0.25, 0.3) is 99.1 Å².